The van der Waals surface area contributed by atoms with Crippen LogP contribution in [0.1, 0.15) is 50.8 Å². The maximum Gasteiger partial charge on any atom is 0.410 e. The van der Waals surface area contributed by atoms with Gasteiger partial charge in [-0.2, -0.15) is 0 Å². The van der Waals surface area contributed by atoms with Gasteiger partial charge in [-0.3, -0.25) is 0 Å². The number of carbonyl (C=O) groups is 2. The summed E-state index contributed by atoms with van der Waals surface area (Å²) in [7, 11) is 0. The van der Waals surface area contributed by atoms with Gasteiger partial charge in [0, 0.05) is 31.5 Å². The third-order valence-corrected chi connectivity index (χ3v) is 6.74. The summed E-state index contributed by atoms with van der Waals surface area (Å²) in [5.41, 5.74) is 1.48. The lowest BCUT2D eigenvalue weighted by Crippen LogP contribution is -2.42. The molecule has 184 valence electrons. The van der Waals surface area contributed by atoms with Gasteiger partial charge in [-0.25, -0.2) is 9.59 Å². The summed E-state index contributed by atoms with van der Waals surface area (Å²) in [6.07, 6.45) is -1.32. The van der Waals surface area contributed by atoms with E-state index >= 15 is 0 Å². The molecule has 1 heterocycles. The molecule has 0 radical (unpaired) electrons. The Labute approximate surface area is 207 Å². The van der Waals surface area contributed by atoms with Crippen LogP contribution in [0.4, 0.5) is 9.59 Å². The highest BCUT2D eigenvalue weighted by Gasteiger charge is 2.39. The molecule has 3 atom stereocenters. The maximum absolute atomic E-state index is 13.5. The Hall–Kier alpha value is -3.54. The fourth-order valence-electron chi connectivity index (χ4n) is 5.04. The molecule has 0 bridgehead atoms. The van der Waals surface area contributed by atoms with Gasteiger partial charge < -0.3 is 19.6 Å². The standard InChI is InChI=1S/C29H34N2O4/c1-20(24-16-10-14-21-13-8-9-15-25(21)24)31(28(34)35-29(2,3)4)18-23-17-30(27(32)33)19-26(23)22-11-6-5-7-12-22/h5-16,20,23,26H,17-19H2,1-4H3,(H,32,33)/t20-,23-,26-/m1/s1. The topological polar surface area (TPSA) is 70.1 Å². The summed E-state index contributed by atoms with van der Waals surface area (Å²) in [6, 6.07) is 24.0. The number of fused-ring (bicyclic) bond motifs is 1. The minimum Gasteiger partial charge on any atom is -0.465 e. The van der Waals surface area contributed by atoms with Crippen LogP contribution in [0, 0.1) is 5.92 Å². The molecule has 3 aromatic carbocycles. The van der Waals surface area contributed by atoms with E-state index in [0.717, 1.165) is 21.9 Å². The molecule has 1 N–H and O–H groups in total. The van der Waals surface area contributed by atoms with Crippen LogP contribution in [0.5, 0.6) is 0 Å². The maximum atomic E-state index is 13.5. The molecule has 35 heavy (non-hydrogen) atoms. The molecule has 3 aromatic rings. The van der Waals surface area contributed by atoms with E-state index in [1.165, 1.54) is 4.90 Å². The first-order valence-corrected chi connectivity index (χ1v) is 12.1. The molecule has 0 spiro atoms. The fourth-order valence-corrected chi connectivity index (χ4v) is 5.04. The molecule has 6 nitrogen and oxygen atoms in total. The Morgan fingerprint density at radius 2 is 1.66 bits per heavy atom. The van der Waals surface area contributed by atoms with E-state index in [0.29, 0.717) is 19.6 Å². The molecule has 1 saturated heterocycles. The Balaban J connectivity index is 1.70. The molecule has 0 aliphatic carbocycles. The summed E-state index contributed by atoms with van der Waals surface area (Å²) < 4.78 is 5.84. The number of amides is 2. The summed E-state index contributed by atoms with van der Waals surface area (Å²) in [5.74, 6) is -0.0598. The van der Waals surface area contributed by atoms with Crippen LogP contribution in [0.15, 0.2) is 72.8 Å². The van der Waals surface area contributed by atoms with Gasteiger partial charge in [-0.1, -0.05) is 72.8 Å². The largest absolute Gasteiger partial charge is 0.465 e. The highest BCUT2D eigenvalue weighted by molar-refractivity contribution is 5.86. The normalized spacial score (nSPS) is 18.9. The van der Waals surface area contributed by atoms with E-state index in [4.69, 9.17) is 4.74 Å². The Kier molecular flexibility index (Phi) is 7.01. The molecule has 4 rings (SSSR count). The monoisotopic (exact) mass is 474 g/mol. The molecule has 1 aliphatic heterocycles. The number of hydrogen-bond acceptors (Lipinski definition) is 3. The van der Waals surface area contributed by atoms with Gasteiger partial charge in [0.05, 0.1) is 6.04 Å². The lowest BCUT2D eigenvalue weighted by Gasteiger charge is -2.35. The average molecular weight is 475 g/mol. The third-order valence-electron chi connectivity index (χ3n) is 6.74. The Morgan fingerprint density at radius 3 is 2.34 bits per heavy atom. The minimum absolute atomic E-state index is 0.00282. The van der Waals surface area contributed by atoms with E-state index in [-0.39, 0.29) is 17.9 Å². The fraction of sp³-hybridized carbons (Fsp3) is 0.379. The second kappa shape index (κ2) is 9.98. The zero-order valence-electron chi connectivity index (χ0n) is 20.8. The van der Waals surface area contributed by atoms with Crippen LogP contribution in [-0.4, -0.2) is 52.3 Å². The third kappa shape index (κ3) is 5.59. The lowest BCUT2D eigenvalue weighted by molar-refractivity contribution is 0.0137. The van der Waals surface area contributed by atoms with Crippen molar-refractivity contribution < 1.29 is 19.4 Å². The van der Waals surface area contributed by atoms with Crippen molar-refractivity contribution in [3.05, 3.63) is 83.9 Å². The van der Waals surface area contributed by atoms with Gasteiger partial charge in [-0.05, 0) is 49.6 Å². The number of benzene rings is 3. The molecule has 1 aliphatic rings. The quantitative estimate of drug-likeness (QED) is 0.456. The SMILES string of the molecule is C[C@H](c1cccc2ccccc12)N(C[C@H]1CN(C(=O)O)C[C@@H]1c1ccccc1)C(=O)OC(C)(C)C. The van der Waals surface area contributed by atoms with Gasteiger partial charge in [0.25, 0.3) is 0 Å². The van der Waals surface area contributed by atoms with Gasteiger partial charge in [0.15, 0.2) is 0 Å². The summed E-state index contributed by atoms with van der Waals surface area (Å²) >= 11 is 0. The second-order valence-corrected chi connectivity index (χ2v) is 10.3. The van der Waals surface area contributed by atoms with Gasteiger partial charge in [0.1, 0.15) is 5.60 Å². The zero-order chi connectivity index (χ0) is 25.2. The molecule has 6 heteroatoms. The van der Waals surface area contributed by atoms with Crippen molar-refractivity contribution in [3.8, 4) is 0 Å². The van der Waals surface area contributed by atoms with E-state index < -0.39 is 17.8 Å². The van der Waals surface area contributed by atoms with Crippen molar-refractivity contribution in [2.45, 2.75) is 45.3 Å². The molecule has 0 unspecified atom stereocenters. The summed E-state index contributed by atoms with van der Waals surface area (Å²) in [4.78, 5) is 28.6. The van der Waals surface area contributed by atoms with E-state index in [1.807, 2.05) is 76.2 Å². The predicted octanol–water partition coefficient (Wildman–Crippen LogP) is 6.53. The highest BCUT2D eigenvalue weighted by atomic mass is 16.6. The van der Waals surface area contributed by atoms with E-state index in [9.17, 15) is 14.7 Å². The highest BCUT2D eigenvalue weighted by Crippen LogP contribution is 2.36. The summed E-state index contributed by atoms with van der Waals surface area (Å²) in [6.45, 7) is 8.78. The van der Waals surface area contributed by atoms with Crippen molar-refractivity contribution in [2.24, 2.45) is 5.92 Å². The lowest BCUT2D eigenvalue weighted by atomic mass is 9.88. The molecule has 0 saturated carbocycles. The van der Waals surface area contributed by atoms with Gasteiger partial charge >= 0.3 is 12.2 Å². The molecular formula is C29H34N2O4. The van der Waals surface area contributed by atoms with Crippen molar-refractivity contribution >= 4 is 23.0 Å². The van der Waals surface area contributed by atoms with Crippen LogP contribution < -0.4 is 0 Å². The van der Waals surface area contributed by atoms with Gasteiger partial charge in [-0.15, -0.1) is 0 Å². The van der Waals surface area contributed by atoms with Crippen molar-refractivity contribution in [1.82, 2.24) is 9.80 Å². The van der Waals surface area contributed by atoms with Crippen LogP contribution in [0.25, 0.3) is 10.8 Å². The number of carboxylic acid groups (broad SMARTS) is 1. The first-order chi connectivity index (χ1) is 16.6. The first-order valence-electron chi connectivity index (χ1n) is 12.1. The molecular weight excluding hydrogens is 440 g/mol. The summed E-state index contributed by atoms with van der Waals surface area (Å²) in [5, 5.41) is 11.9. The first kappa shape index (κ1) is 24.6. The average Bonchev–Trinajstić information content (AvgIpc) is 3.25. The predicted molar refractivity (Wildman–Crippen MR) is 138 cm³/mol. The van der Waals surface area contributed by atoms with Crippen LogP contribution in [0.3, 0.4) is 0 Å². The minimum atomic E-state index is -0.931. The Bertz CT molecular complexity index is 1180. The molecule has 2 amide bonds. The van der Waals surface area contributed by atoms with Gasteiger partial charge in [0.2, 0.25) is 0 Å². The number of hydrogen-bond donors (Lipinski definition) is 1. The number of nitrogens with zero attached hydrogens (tertiary/aromatic N) is 2. The van der Waals surface area contributed by atoms with Crippen LogP contribution in [-0.2, 0) is 4.74 Å². The smallest absolute Gasteiger partial charge is 0.410 e. The molecule has 1 fully saturated rings. The number of ether oxygens (including phenoxy) is 1. The van der Waals surface area contributed by atoms with Crippen LogP contribution >= 0.6 is 0 Å². The van der Waals surface area contributed by atoms with Crippen molar-refractivity contribution in [1.29, 1.82) is 0 Å². The van der Waals surface area contributed by atoms with Crippen LogP contribution in [0.2, 0.25) is 0 Å². The number of rotatable bonds is 5. The second-order valence-electron chi connectivity index (χ2n) is 10.3. The number of likely N-dealkylation sites (tertiary alicyclic amines) is 1. The van der Waals surface area contributed by atoms with E-state index in [2.05, 4.69) is 24.3 Å². The van der Waals surface area contributed by atoms with E-state index in [1.54, 1.807) is 4.90 Å². The molecule has 0 aromatic heterocycles. The zero-order valence-corrected chi connectivity index (χ0v) is 20.8. The number of carbonyl (C=O) groups excluding carboxylic acids is 1. The van der Waals surface area contributed by atoms with Crippen molar-refractivity contribution in [2.75, 3.05) is 19.6 Å². The van der Waals surface area contributed by atoms with Crippen molar-refractivity contribution in [3.63, 3.8) is 0 Å². The Morgan fingerprint density at radius 1 is 1.00 bits per heavy atom.